The van der Waals surface area contributed by atoms with Gasteiger partial charge in [0, 0.05) is 11.6 Å². The molecule has 0 aromatic carbocycles. The summed E-state index contributed by atoms with van der Waals surface area (Å²) >= 11 is 0. The van der Waals surface area contributed by atoms with Crippen molar-refractivity contribution in [2.45, 2.75) is 45.2 Å². The van der Waals surface area contributed by atoms with E-state index in [9.17, 15) is 9.59 Å². The fourth-order valence-corrected chi connectivity index (χ4v) is 1.73. The van der Waals surface area contributed by atoms with Crippen molar-refractivity contribution in [2.24, 2.45) is 0 Å². The van der Waals surface area contributed by atoms with Crippen molar-refractivity contribution in [3.8, 4) is 0 Å². The minimum Gasteiger partial charge on any atom is -0.310 e. The molecule has 0 aromatic heterocycles. The first-order chi connectivity index (χ1) is 6.41. The van der Waals surface area contributed by atoms with Crippen LogP contribution in [0.5, 0.6) is 0 Å². The Bertz CT molecular complexity index is 289. The molecule has 14 heavy (non-hydrogen) atoms. The second-order valence-electron chi connectivity index (χ2n) is 5.03. The fraction of sp³-hybridized carbons (Fsp3) is 0.800. The third-order valence-electron chi connectivity index (χ3n) is 2.72. The zero-order valence-electron chi connectivity index (χ0n) is 8.91. The van der Waals surface area contributed by atoms with Gasteiger partial charge in [-0.3, -0.25) is 9.69 Å². The van der Waals surface area contributed by atoms with Crippen molar-refractivity contribution in [3.63, 3.8) is 0 Å². The van der Waals surface area contributed by atoms with Gasteiger partial charge in [-0.1, -0.05) is 0 Å². The molecule has 0 spiro atoms. The van der Waals surface area contributed by atoms with Crippen LogP contribution in [0.1, 0.15) is 33.6 Å². The van der Waals surface area contributed by atoms with Gasteiger partial charge < -0.3 is 4.90 Å². The van der Waals surface area contributed by atoms with E-state index in [0.717, 1.165) is 12.8 Å². The summed E-state index contributed by atoms with van der Waals surface area (Å²) in [6, 6.07) is 0.0901. The summed E-state index contributed by atoms with van der Waals surface area (Å²) < 4.78 is 0. The maximum Gasteiger partial charge on any atom is 0.327 e. The van der Waals surface area contributed by atoms with Crippen molar-refractivity contribution >= 4 is 11.9 Å². The molecule has 0 N–H and O–H groups in total. The zero-order chi connectivity index (χ0) is 10.5. The van der Waals surface area contributed by atoms with Gasteiger partial charge in [0.1, 0.15) is 6.54 Å². The van der Waals surface area contributed by atoms with Gasteiger partial charge in [-0.15, -0.1) is 0 Å². The van der Waals surface area contributed by atoms with E-state index in [4.69, 9.17) is 0 Å². The average Bonchev–Trinajstić information content (AvgIpc) is 2.78. The Hall–Kier alpha value is -1.06. The fourth-order valence-electron chi connectivity index (χ4n) is 1.73. The Balaban J connectivity index is 2.18. The molecule has 0 atom stereocenters. The van der Waals surface area contributed by atoms with E-state index in [2.05, 4.69) is 0 Å². The molecule has 1 aliphatic heterocycles. The lowest BCUT2D eigenvalue weighted by Crippen LogP contribution is -2.44. The van der Waals surface area contributed by atoms with Crippen LogP contribution in [0.3, 0.4) is 0 Å². The van der Waals surface area contributed by atoms with Crippen LogP contribution >= 0.6 is 0 Å². The first kappa shape index (κ1) is 9.49. The topological polar surface area (TPSA) is 40.6 Å². The number of carbonyl (C=O) groups excluding carboxylic acids is 2. The van der Waals surface area contributed by atoms with E-state index < -0.39 is 0 Å². The molecular weight excluding hydrogens is 180 g/mol. The summed E-state index contributed by atoms with van der Waals surface area (Å²) in [5.41, 5.74) is -0.254. The number of hydrogen-bond acceptors (Lipinski definition) is 2. The summed E-state index contributed by atoms with van der Waals surface area (Å²) in [4.78, 5) is 26.5. The largest absolute Gasteiger partial charge is 0.327 e. The SMILES string of the molecule is CC(C)(C)N1CC(=O)N(C2CC2)C1=O. The van der Waals surface area contributed by atoms with Gasteiger partial charge in [0.2, 0.25) is 0 Å². The summed E-state index contributed by atoms with van der Waals surface area (Å²) in [6.07, 6.45) is 1.96. The first-order valence-corrected chi connectivity index (χ1v) is 5.05. The standard InChI is InChI=1S/C10H16N2O2/c1-10(2,3)11-6-8(13)12(9(11)14)7-4-5-7/h7H,4-6H2,1-3H3. The summed E-state index contributed by atoms with van der Waals surface area (Å²) in [7, 11) is 0. The molecule has 0 bridgehead atoms. The van der Waals surface area contributed by atoms with E-state index >= 15 is 0 Å². The number of rotatable bonds is 1. The maximum absolute atomic E-state index is 11.9. The first-order valence-electron chi connectivity index (χ1n) is 5.05. The van der Waals surface area contributed by atoms with Gasteiger partial charge in [0.05, 0.1) is 0 Å². The Morgan fingerprint density at radius 2 is 1.79 bits per heavy atom. The third-order valence-corrected chi connectivity index (χ3v) is 2.72. The predicted octanol–water partition coefficient (Wildman–Crippen LogP) is 1.21. The highest BCUT2D eigenvalue weighted by atomic mass is 16.2. The zero-order valence-corrected chi connectivity index (χ0v) is 8.91. The molecule has 0 radical (unpaired) electrons. The van der Waals surface area contributed by atoms with Crippen molar-refractivity contribution in [3.05, 3.63) is 0 Å². The molecule has 1 heterocycles. The van der Waals surface area contributed by atoms with Gasteiger partial charge in [0.25, 0.3) is 5.91 Å². The van der Waals surface area contributed by atoms with Crippen molar-refractivity contribution in [1.29, 1.82) is 0 Å². The number of imide groups is 1. The van der Waals surface area contributed by atoms with Crippen molar-refractivity contribution < 1.29 is 9.59 Å². The van der Waals surface area contributed by atoms with E-state index in [1.165, 1.54) is 4.90 Å². The van der Waals surface area contributed by atoms with Crippen molar-refractivity contribution in [1.82, 2.24) is 9.80 Å². The highest BCUT2D eigenvalue weighted by Gasteiger charge is 2.47. The van der Waals surface area contributed by atoms with Crippen LogP contribution in [0.4, 0.5) is 4.79 Å². The van der Waals surface area contributed by atoms with E-state index in [1.807, 2.05) is 20.8 Å². The van der Waals surface area contributed by atoms with Crippen LogP contribution in [0.25, 0.3) is 0 Å². The number of amides is 3. The van der Waals surface area contributed by atoms with Gasteiger partial charge in [0.15, 0.2) is 0 Å². The molecule has 1 saturated heterocycles. The summed E-state index contributed by atoms with van der Waals surface area (Å²) in [5, 5.41) is 0. The van der Waals surface area contributed by atoms with Gasteiger partial charge in [-0.25, -0.2) is 4.79 Å². The lowest BCUT2D eigenvalue weighted by molar-refractivity contribution is -0.125. The van der Waals surface area contributed by atoms with E-state index in [-0.39, 0.29) is 30.1 Å². The average molecular weight is 196 g/mol. The third kappa shape index (κ3) is 1.38. The molecule has 78 valence electrons. The molecule has 1 aliphatic carbocycles. The van der Waals surface area contributed by atoms with Crippen LogP contribution in [-0.2, 0) is 4.79 Å². The Kier molecular flexibility index (Phi) is 1.84. The smallest absolute Gasteiger partial charge is 0.310 e. The van der Waals surface area contributed by atoms with Crippen LogP contribution in [-0.4, -0.2) is 39.9 Å². The second-order valence-corrected chi connectivity index (χ2v) is 5.03. The Morgan fingerprint density at radius 3 is 2.14 bits per heavy atom. The highest BCUT2D eigenvalue weighted by molar-refractivity contribution is 6.03. The van der Waals surface area contributed by atoms with Crippen LogP contribution in [0.2, 0.25) is 0 Å². The molecular formula is C10H16N2O2. The highest BCUT2D eigenvalue weighted by Crippen LogP contribution is 2.32. The molecule has 1 saturated carbocycles. The van der Waals surface area contributed by atoms with Gasteiger partial charge in [-0.2, -0.15) is 0 Å². The molecule has 4 nitrogen and oxygen atoms in total. The van der Waals surface area contributed by atoms with Crippen LogP contribution in [0, 0.1) is 0 Å². The lowest BCUT2D eigenvalue weighted by atomic mass is 10.1. The molecule has 2 aliphatic rings. The van der Waals surface area contributed by atoms with Gasteiger partial charge >= 0.3 is 6.03 Å². The molecule has 3 amide bonds. The van der Waals surface area contributed by atoms with E-state index in [0.29, 0.717) is 0 Å². The second kappa shape index (κ2) is 2.72. The number of nitrogens with zero attached hydrogens (tertiary/aromatic N) is 2. The molecule has 2 rings (SSSR count). The van der Waals surface area contributed by atoms with Gasteiger partial charge in [-0.05, 0) is 33.6 Å². The molecule has 0 aromatic rings. The molecule has 2 fully saturated rings. The quantitative estimate of drug-likeness (QED) is 0.591. The van der Waals surface area contributed by atoms with E-state index in [1.54, 1.807) is 4.90 Å². The Labute approximate surface area is 83.9 Å². The minimum absolute atomic E-state index is 0.0348. The van der Waals surface area contributed by atoms with Crippen LogP contribution in [0.15, 0.2) is 0 Å². The number of carbonyl (C=O) groups is 2. The number of hydrogen-bond donors (Lipinski definition) is 0. The lowest BCUT2D eigenvalue weighted by Gasteiger charge is -2.30. The van der Waals surface area contributed by atoms with Crippen molar-refractivity contribution in [2.75, 3.05) is 6.54 Å². The summed E-state index contributed by atoms with van der Waals surface area (Å²) in [6.45, 7) is 6.11. The number of urea groups is 1. The molecule has 4 heteroatoms. The Morgan fingerprint density at radius 1 is 1.21 bits per heavy atom. The monoisotopic (exact) mass is 196 g/mol. The maximum atomic E-state index is 11.9. The molecule has 0 unspecified atom stereocenters. The van der Waals surface area contributed by atoms with Crippen LogP contribution < -0.4 is 0 Å². The normalized spacial score (nSPS) is 23.6. The minimum atomic E-state index is -0.254. The summed E-state index contributed by atoms with van der Waals surface area (Å²) in [5.74, 6) is -0.0348. The predicted molar refractivity (Wildman–Crippen MR) is 51.7 cm³/mol.